The third kappa shape index (κ3) is 4.72. The van der Waals surface area contributed by atoms with Gasteiger partial charge in [-0.15, -0.1) is 34.2 Å². The van der Waals surface area contributed by atoms with Crippen molar-refractivity contribution in [3.05, 3.63) is 46.8 Å². The van der Waals surface area contributed by atoms with E-state index in [4.69, 9.17) is 0 Å². The van der Waals surface area contributed by atoms with Crippen LogP contribution in [-0.4, -0.2) is 27.8 Å². The molecule has 2 aromatic rings. The molecular weight excluding hydrogens is 446 g/mol. The topological polar surface area (TPSA) is 67.1 Å². The first kappa shape index (κ1) is 20.6. The second-order valence-electron chi connectivity index (χ2n) is 6.44. The Bertz CT molecular complexity index is 773. The lowest BCUT2D eigenvalue weighted by Crippen LogP contribution is -2.39. The van der Waals surface area contributed by atoms with Gasteiger partial charge in [0.25, 0.3) is 0 Å². The molecule has 1 unspecified atom stereocenters. The fourth-order valence-electron chi connectivity index (χ4n) is 3.02. The van der Waals surface area contributed by atoms with Crippen molar-refractivity contribution in [3.63, 3.8) is 0 Å². The zero-order valence-electron chi connectivity index (χ0n) is 15.4. The van der Waals surface area contributed by atoms with E-state index < -0.39 is 0 Å². The molecule has 0 radical (unpaired) electrons. The molecule has 0 amide bonds. The van der Waals surface area contributed by atoms with Gasteiger partial charge in [0.2, 0.25) is 0 Å². The lowest BCUT2D eigenvalue weighted by Gasteiger charge is -2.19. The van der Waals surface area contributed by atoms with Crippen LogP contribution in [0.15, 0.2) is 23.2 Å². The first-order valence-corrected chi connectivity index (χ1v) is 8.72. The summed E-state index contributed by atoms with van der Waals surface area (Å²) in [7, 11) is 1.72. The van der Waals surface area contributed by atoms with E-state index >= 15 is 0 Å². The minimum absolute atomic E-state index is 0. The molecule has 0 spiro atoms. The lowest BCUT2D eigenvalue weighted by atomic mass is 10.1. The SMILES string of the molecule is CN=C(NCc1nnc2n1CCCC2)NC(C)c1ccc(C)c(F)c1.I. The van der Waals surface area contributed by atoms with E-state index in [0.29, 0.717) is 18.1 Å². The fourth-order valence-corrected chi connectivity index (χ4v) is 3.02. The molecule has 0 aliphatic carbocycles. The van der Waals surface area contributed by atoms with Crippen molar-refractivity contribution < 1.29 is 4.39 Å². The summed E-state index contributed by atoms with van der Waals surface area (Å²) in [6.07, 6.45) is 3.34. The summed E-state index contributed by atoms with van der Waals surface area (Å²) in [4.78, 5) is 4.25. The van der Waals surface area contributed by atoms with Crippen molar-refractivity contribution in [1.29, 1.82) is 0 Å². The van der Waals surface area contributed by atoms with Crippen molar-refractivity contribution in [2.24, 2.45) is 4.99 Å². The van der Waals surface area contributed by atoms with Crippen molar-refractivity contribution in [2.75, 3.05) is 7.05 Å². The van der Waals surface area contributed by atoms with Gasteiger partial charge in [-0.2, -0.15) is 0 Å². The van der Waals surface area contributed by atoms with Gasteiger partial charge in [-0.1, -0.05) is 12.1 Å². The quantitative estimate of drug-likeness (QED) is 0.408. The van der Waals surface area contributed by atoms with Crippen molar-refractivity contribution in [2.45, 2.75) is 52.2 Å². The van der Waals surface area contributed by atoms with Gasteiger partial charge in [0.15, 0.2) is 11.8 Å². The number of guanidine groups is 1. The minimum Gasteiger partial charge on any atom is -0.350 e. The van der Waals surface area contributed by atoms with Crippen molar-refractivity contribution in [3.8, 4) is 0 Å². The van der Waals surface area contributed by atoms with E-state index in [0.717, 1.165) is 30.2 Å². The molecule has 142 valence electrons. The summed E-state index contributed by atoms with van der Waals surface area (Å²) in [5, 5.41) is 15.1. The van der Waals surface area contributed by atoms with Crippen molar-refractivity contribution >= 4 is 29.9 Å². The molecule has 0 bridgehead atoms. The molecule has 1 atom stereocenters. The molecule has 2 N–H and O–H groups in total. The summed E-state index contributed by atoms with van der Waals surface area (Å²) in [5.41, 5.74) is 1.53. The number of benzene rings is 1. The van der Waals surface area contributed by atoms with E-state index in [9.17, 15) is 4.39 Å². The van der Waals surface area contributed by atoms with Gasteiger partial charge in [-0.25, -0.2) is 4.39 Å². The Morgan fingerprint density at radius 2 is 2.15 bits per heavy atom. The molecular formula is C18H26FIN6. The fraction of sp³-hybridized carbons (Fsp3) is 0.500. The number of hydrogen-bond donors (Lipinski definition) is 2. The average molecular weight is 472 g/mol. The molecule has 1 aromatic carbocycles. The average Bonchev–Trinajstić information content (AvgIpc) is 3.04. The first-order chi connectivity index (χ1) is 12.1. The van der Waals surface area contributed by atoms with Gasteiger partial charge in [0, 0.05) is 20.0 Å². The highest BCUT2D eigenvalue weighted by Gasteiger charge is 2.16. The Hall–Kier alpha value is -1.71. The Morgan fingerprint density at radius 1 is 1.35 bits per heavy atom. The number of aromatic nitrogens is 3. The normalized spacial score (nSPS) is 15.0. The van der Waals surface area contributed by atoms with E-state index in [1.807, 2.05) is 13.0 Å². The van der Waals surface area contributed by atoms with Gasteiger partial charge in [-0.05, 0) is 43.9 Å². The Labute approximate surface area is 170 Å². The maximum absolute atomic E-state index is 13.8. The number of aliphatic imine (C=N–C) groups is 1. The van der Waals surface area contributed by atoms with Crippen LogP contribution in [0.25, 0.3) is 0 Å². The monoisotopic (exact) mass is 472 g/mol. The molecule has 1 aliphatic rings. The molecule has 3 rings (SSSR count). The van der Waals surface area contributed by atoms with Crippen LogP contribution in [-0.2, 0) is 19.5 Å². The molecule has 26 heavy (non-hydrogen) atoms. The van der Waals surface area contributed by atoms with Crippen LogP contribution in [0.1, 0.15) is 48.6 Å². The summed E-state index contributed by atoms with van der Waals surface area (Å²) < 4.78 is 15.9. The molecule has 2 heterocycles. The number of fused-ring (bicyclic) bond motifs is 1. The number of nitrogens with zero attached hydrogens (tertiary/aromatic N) is 4. The van der Waals surface area contributed by atoms with Crippen LogP contribution >= 0.6 is 24.0 Å². The van der Waals surface area contributed by atoms with Crippen LogP contribution in [0.3, 0.4) is 0 Å². The van der Waals surface area contributed by atoms with Crippen LogP contribution in [0.2, 0.25) is 0 Å². The standard InChI is InChI=1S/C18H25FN6.HI/c1-12-7-8-14(10-15(12)19)13(2)22-18(20-3)21-11-17-24-23-16-6-4-5-9-25(16)17;/h7-8,10,13H,4-6,9,11H2,1-3H3,(H2,20,21,22);1H. The molecule has 0 fully saturated rings. The Kier molecular flexibility index (Phi) is 7.36. The molecule has 1 aliphatic heterocycles. The molecule has 1 aromatic heterocycles. The van der Waals surface area contributed by atoms with E-state index in [1.165, 1.54) is 12.8 Å². The third-order valence-electron chi connectivity index (χ3n) is 4.62. The minimum atomic E-state index is -0.191. The molecule has 0 saturated carbocycles. The maximum Gasteiger partial charge on any atom is 0.191 e. The lowest BCUT2D eigenvalue weighted by molar-refractivity contribution is 0.504. The van der Waals surface area contributed by atoms with Crippen LogP contribution in [0.5, 0.6) is 0 Å². The maximum atomic E-state index is 13.8. The third-order valence-corrected chi connectivity index (χ3v) is 4.62. The van der Waals surface area contributed by atoms with Gasteiger partial charge in [-0.3, -0.25) is 4.99 Å². The second kappa shape index (κ2) is 9.29. The molecule has 0 saturated heterocycles. The summed E-state index contributed by atoms with van der Waals surface area (Å²) in [5.74, 6) is 2.45. The van der Waals surface area contributed by atoms with Crippen LogP contribution < -0.4 is 10.6 Å². The zero-order chi connectivity index (χ0) is 17.8. The zero-order valence-corrected chi connectivity index (χ0v) is 17.8. The largest absolute Gasteiger partial charge is 0.350 e. The predicted molar refractivity (Wildman–Crippen MR) is 111 cm³/mol. The highest BCUT2D eigenvalue weighted by Crippen LogP contribution is 2.16. The number of halogens is 2. The Morgan fingerprint density at radius 3 is 2.88 bits per heavy atom. The van der Waals surface area contributed by atoms with Crippen LogP contribution in [0, 0.1) is 12.7 Å². The van der Waals surface area contributed by atoms with Gasteiger partial charge in [0.1, 0.15) is 11.6 Å². The second-order valence-corrected chi connectivity index (χ2v) is 6.44. The molecule has 8 heteroatoms. The van der Waals surface area contributed by atoms with Gasteiger partial charge >= 0.3 is 0 Å². The number of nitrogens with one attached hydrogen (secondary N) is 2. The highest BCUT2D eigenvalue weighted by atomic mass is 127. The van der Waals surface area contributed by atoms with E-state index in [2.05, 4.69) is 30.4 Å². The first-order valence-electron chi connectivity index (χ1n) is 8.72. The summed E-state index contributed by atoms with van der Waals surface area (Å²) in [6.45, 7) is 5.28. The predicted octanol–water partition coefficient (Wildman–Crippen LogP) is 3.11. The number of rotatable bonds is 4. The van der Waals surface area contributed by atoms with E-state index in [1.54, 1.807) is 26.1 Å². The number of hydrogen-bond acceptors (Lipinski definition) is 3. The van der Waals surface area contributed by atoms with Gasteiger partial charge < -0.3 is 15.2 Å². The Balaban J connectivity index is 0.00000243. The number of aryl methyl sites for hydroxylation is 2. The smallest absolute Gasteiger partial charge is 0.191 e. The summed E-state index contributed by atoms with van der Waals surface area (Å²) >= 11 is 0. The molecule has 6 nitrogen and oxygen atoms in total. The van der Waals surface area contributed by atoms with Crippen molar-refractivity contribution in [1.82, 2.24) is 25.4 Å². The van der Waals surface area contributed by atoms with Gasteiger partial charge in [0.05, 0.1) is 12.6 Å². The van der Waals surface area contributed by atoms with Crippen LogP contribution in [0.4, 0.5) is 4.39 Å². The summed E-state index contributed by atoms with van der Waals surface area (Å²) in [6, 6.07) is 5.23. The highest BCUT2D eigenvalue weighted by molar-refractivity contribution is 14.0. The van der Waals surface area contributed by atoms with E-state index in [-0.39, 0.29) is 35.8 Å².